The van der Waals surface area contributed by atoms with Crippen LogP contribution in [0.4, 0.5) is 11.4 Å². The van der Waals surface area contributed by atoms with Crippen LogP contribution in [0.15, 0.2) is 35.3 Å². The van der Waals surface area contributed by atoms with Crippen LogP contribution in [0.2, 0.25) is 5.02 Å². The molecule has 144 valence electrons. The van der Waals surface area contributed by atoms with E-state index in [1.54, 1.807) is 36.5 Å². The zero-order valence-corrected chi connectivity index (χ0v) is 17.5. The van der Waals surface area contributed by atoms with Gasteiger partial charge < -0.3 is 14.4 Å². The van der Waals surface area contributed by atoms with Gasteiger partial charge in [-0.3, -0.25) is 4.79 Å². The SMILES string of the molecule is CCCSNc1cccc(Oc2ccc(N=CN(C)C)c(C=O)c2C)c1Cl. The fourth-order valence-corrected chi connectivity index (χ4v) is 3.16. The first-order chi connectivity index (χ1) is 13.0. The molecule has 0 amide bonds. The molecule has 2 aromatic carbocycles. The van der Waals surface area contributed by atoms with Crippen molar-refractivity contribution in [3.8, 4) is 11.5 Å². The molecule has 0 saturated carbocycles. The monoisotopic (exact) mass is 405 g/mol. The average Bonchev–Trinajstić information content (AvgIpc) is 2.64. The van der Waals surface area contributed by atoms with Crippen molar-refractivity contribution in [1.82, 2.24) is 4.90 Å². The quantitative estimate of drug-likeness (QED) is 0.184. The first-order valence-corrected chi connectivity index (χ1v) is 9.97. The second-order valence-electron chi connectivity index (χ2n) is 6.12. The van der Waals surface area contributed by atoms with Crippen LogP contribution in [0.25, 0.3) is 0 Å². The normalized spacial score (nSPS) is 10.9. The largest absolute Gasteiger partial charge is 0.455 e. The number of hydrogen-bond acceptors (Lipinski definition) is 5. The van der Waals surface area contributed by atoms with Gasteiger partial charge in [-0.1, -0.05) is 36.5 Å². The molecule has 0 aliphatic heterocycles. The number of ether oxygens (including phenoxy) is 1. The van der Waals surface area contributed by atoms with E-state index in [4.69, 9.17) is 16.3 Å². The van der Waals surface area contributed by atoms with E-state index in [1.807, 2.05) is 38.1 Å². The van der Waals surface area contributed by atoms with Gasteiger partial charge in [0.15, 0.2) is 6.29 Å². The van der Waals surface area contributed by atoms with Crippen LogP contribution in [0.3, 0.4) is 0 Å². The second-order valence-corrected chi connectivity index (χ2v) is 7.40. The van der Waals surface area contributed by atoms with Crippen molar-refractivity contribution in [3.63, 3.8) is 0 Å². The molecule has 7 heteroatoms. The summed E-state index contributed by atoms with van der Waals surface area (Å²) >= 11 is 8.08. The average molecular weight is 406 g/mol. The number of anilines is 1. The van der Waals surface area contributed by atoms with Gasteiger partial charge in [0.1, 0.15) is 16.5 Å². The topological polar surface area (TPSA) is 53.9 Å². The number of aliphatic imine (C=N–C) groups is 1. The highest BCUT2D eigenvalue weighted by molar-refractivity contribution is 8.00. The summed E-state index contributed by atoms with van der Waals surface area (Å²) in [5.41, 5.74) is 2.61. The van der Waals surface area contributed by atoms with Gasteiger partial charge in [0.25, 0.3) is 0 Å². The summed E-state index contributed by atoms with van der Waals surface area (Å²) in [6.45, 7) is 3.95. The molecule has 0 spiro atoms. The Morgan fingerprint density at radius 3 is 2.70 bits per heavy atom. The Morgan fingerprint density at radius 2 is 2.04 bits per heavy atom. The van der Waals surface area contributed by atoms with E-state index in [-0.39, 0.29) is 0 Å². The van der Waals surface area contributed by atoms with E-state index in [1.165, 1.54) is 0 Å². The van der Waals surface area contributed by atoms with E-state index >= 15 is 0 Å². The van der Waals surface area contributed by atoms with Crippen molar-refractivity contribution < 1.29 is 9.53 Å². The number of aldehydes is 1. The molecule has 0 aliphatic rings. The molecule has 0 unspecified atom stereocenters. The van der Waals surface area contributed by atoms with Crippen LogP contribution in [-0.4, -0.2) is 37.4 Å². The molecule has 0 bridgehead atoms. The van der Waals surface area contributed by atoms with E-state index in [2.05, 4.69) is 16.6 Å². The molecule has 1 N–H and O–H groups in total. The van der Waals surface area contributed by atoms with Crippen LogP contribution in [0.5, 0.6) is 11.5 Å². The molecule has 5 nitrogen and oxygen atoms in total. The van der Waals surface area contributed by atoms with E-state index in [0.717, 1.165) is 24.1 Å². The van der Waals surface area contributed by atoms with Gasteiger partial charge in [0.05, 0.1) is 17.7 Å². The summed E-state index contributed by atoms with van der Waals surface area (Å²) in [4.78, 5) is 17.7. The smallest absolute Gasteiger partial charge is 0.152 e. The number of hydrogen-bond donors (Lipinski definition) is 1. The van der Waals surface area contributed by atoms with Crippen LogP contribution in [-0.2, 0) is 0 Å². The van der Waals surface area contributed by atoms with Gasteiger partial charge in [-0.05, 0) is 37.6 Å². The number of nitrogens with zero attached hydrogens (tertiary/aromatic N) is 2. The Bertz CT molecular complexity index is 825. The standard InChI is InChI=1S/C20H24ClN3O2S/c1-5-11-27-23-17-7-6-8-19(20(17)21)26-18-10-9-16(22-13-24(3)4)15(12-25)14(18)2/h6-10,12-13,23H,5,11H2,1-4H3. The molecule has 0 aromatic heterocycles. The molecule has 27 heavy (non-hydrogen) atoms. The van der Waals surface area contributed by atoms with Crippen molar-refractivity contribution in [3.05, 3.63) is 46.5 Å². The van der Waals surface area contributed by atoms with E-state index in [9.17, 15) is 4.79 Å². The minimum absolute atomic E-state index is 0.495. The Balaban J connectivity index is 2.30. The van der Waals surface area contributed by atoms with Crippen molar-refractivity contribution in [2.45, 2.75) is 20.3 Å². The molecular weight excluding hydrogens is 382 g/mol. The maximum absolute atomic E-state index is 11.6. The number of halogens is 1. The highest BCUT2D eigenvalue weighted by atomic mass is 35.5. The maximum atomic E-state index is 11.6. The Hall–Kier alpha value is -2.18. The molecule has 0 aliphatic carbocycles. The predicted molar refractivity (Wildman–Crippen MR) is 116 cm³/mol. The van der Waals surface area contributed by atoms with Crippen LogP contribution >= 0.6 is 23.5 Å². The highest BCUT2D eigenvalue weighted by Gasteiger charge is 2.13. The van der Waals surface area contributed by atoms with Crippen molar-refractivity contribution in [2.75, 3.05) is 24.6 Å². The van der Waals surface area contributed by atoms with Crippen molar-refractivity contribution in [1.29, 1.82) is 0 Å². The van der Waals surface area contributed by atoms with Gasteiger partial charge in [0, 0.05) is 31.0 Å². The van der Waals surface area contributed by atoms with Gasteiger partial charge in [-0.15, -0.1) is 0 Å². The summed E-state index contributed by atoms with van der Waals surface area (Å²) in [5.74, 6) is 2.09. The number of benzene rings is 2. The number of carbonyl (C=O) groups excluding carboxylic acids is 1. The molecule has 0 saturated heterocycles. The number of nitrogens with one attached hydrogen (secondary N) is 1. The van der Waals surface area contributed by atoms with Gasteiger partial charge in [-0.2, -0.15) is 0 Å². The van der Waals surface area contributed by atoms with Crippen LogP contribution < -0.4 is 9.46 Å². The molecule has 0 atom stereocenters. The Labute approximate surface area is 169 Å². The van der Waals surface area contributed by atoms with E-state index < -0.39 is 0 Å². The first kappa shape index (κ1) is 21.1. The lowest BCUT2D eigenvalue weighted by Crippen LogP contribution is -2.07. The van der Waals surface area contributed by atoms with Crippen molar-refractivity contribution in [2.24, 2.45) is 4.99 Å². The minimum Gasteiger partial charge on any atom is -0.455 e. The lowest BCUT2D eigenvalue weighted by Gasteiger charge is -2.15. The predicted octanol–water partition coefficient (Wildman–Crippen LogP) is 5.94. The molecule has 2 aromatic rings. The van der Waals surface area contributed by atoms with E-state index in [0.29, 0.717) is 33.3 Å². The minimum atomic E-state index is 0.495. The lowest BCUT2D eigenvalue weighted by molar-refractivity contribution is 0.112. The first-order valence-electron chi connectivity index (χ1n) is 8.61. The zero-order valence-electron chi connectivity index (χ0n) is 16.0. The zero-order chi connectivity index (χ0) is 19.8. The third-order valence-corrected chi connectivity index (χ3v) is 5.03. The molecular formula is C20H24ClN3O2S. The van der Waals surface area contributed by atoms with Crippen LogP contribution in [0, 0.1) is 6.92 Å². The Kier molecular flexibility index (Phi) is 8.00. The third kappa shape index (κ3) is 5.65. The third-order valence-electron chi connectivity index (χ3n) is 3.66. The molecule has 2 rings (SSSR count). The fraction of sp³-hybridized carbons (Fsp3) is 0.300. The van der Waals surface area contributed by atoms with Crippen molar-refractivity contribution >= 4 is 47.5 Å². The summed E-state index contributed by atoms with van der Waals surface area (Å²) in [7, 11) is 3.74. The second kappa shape index (κ2) is 10.2. The van der Waals surface area contributed by atoms with Gasteiger partial charge >= 0.3 is 0 Å². The molecule has 0 radical (unpaired) electrons. The lowest BCUT2D eigenvalue weighted by atomic mass is 10.1. The van der Waals surface area contributed by atoms with Gasteiger partial charge in [-0.25, -0.2) is 4.99 Å². The summed E-state index contributed by atoms with van der Waals surface area (Å²) in [6.07, 6.45) is 3.52. The maximum Gasteiger partial charge on any atom is 0.152 e. The highest BCUT2D eigenvalue weighted by Crippen LogP contribution is 2.38. The Morgan fingerprint density at radius 1 is 1.26 bits per heavy atom. The summed E-state index contributed by atoms with van der Waals surface area (Å²) < 4.78 is 9.25. The number of rotatable bonds is 9. The molecule has 0 fully saturated rings. The van der Waals surface area contributed by atoms with Crippen LogP contribution in [0.1, 0.15) is 29.3 Å². The van der Waals surface area contributed by atoms with Gasteiger partial charge in [0.2, 0.25) is 0 Å². The molecule has 0 heterocycles. The summed E-state index contributed by atoms with van der Waals surface area (Å²) in [6, 6.07) is 9.14. The number of carbonyl (C=O) groups is 1. The summed E-state index contributed by atoms with van der Waals surface area (Å²) in [5, 5.41) is 0.503. The fourth-order valence-electron chi connectivity index (χ4n) is 2.26.